The van der Waals surface area contributed by atoms with Crippen LogP contribution >= 0.6 is 0 Å². The van der Waals surface area contributed by atoms with Crippen LogP contribution < -0.4 is 4.74 Å². The Morgan fingerprint density at radius 3 is 1.74 bits per heavy atom. The molecule has 0 spiro atoms. The average Bonchev–Trinajstić information content (AvgIpc) is 3.40. The fourth-order valence-corrected chi connectivity index (χ4v) is 11.2. The van der Waals surface area contributed by atoms with Crippen LogP contribution in [-0.2, 0) is 28.6 Å². The Kier molecular flexibility index (Phi) is 19.2. The highest BCUT2D eigenvalue weighted by molar-refractivity contribution is 5.90. The van der Waals surface area contributed by atoms with Crippen LogP contribution in [0, 0.1) is 65.6 Å². The van der Waals surface area contributed by atoms with Crippen LogP contribution in [0.25, 0.3) is 6.08 Å². The van der Waals surface area contributed by atoms with Gasteiger partial charge in [-0.2, -0.15) is 0 Å². The molecule has 3 saturated carbocycles. The number of carbonyl (C=O) groups is 4. The number of hydrogen-bond donors (Lipinski definition) is 0. The van der Waals surface area contributed by atoms with Crippen LogP contribution in [0.4, 0.5) is 0 Å². The summed E-state index contributed by atoms with van der Waals surface area (Å²) in [5.41, 5.74) is 1.89. The van der Waals surface area contributed by atoms with Gasteiger partial charge in [-0.25, -0.2) is 9.59 Å². The minimum absolute atomic E-state index is 0.295. The quantitative estimate of drug-likeness (QED) is 0.0273. The van der Waals surface area contributed by atoms with Crippen molar-refractivity contribution in [1.29, 1.82) is 0 Å². The van der Waals surface area contributed by atoms with Crippen molar-refractivity contribution in [1.82, 2.24) is 0 Å². The van der Waals surface area contributed by atoms with Gasteiger partial charge in [-0.1, -0.05) is 99.5 Å². The molecule has 3 aliphatic carbocycles. The molecule has 0 aliphatic heterocycles. The molecule has 0 radical (unpaired) electrons. The second-order valence-electron chi connectivity index (χ2n) is 22.1. The molecule has 0 aromatic heterocycles. The lowest BCUT2D eigenvalue weighted by Gasteiger charge is -2.41. The topological polar surface area (TPSA) is 105 Å². The van der Waals surface area contributed by atoms with Crippen LogP contribution in [-0.4, -0.2) is 40.7 Å². The van der Waals surface area contributed by atoms with Crippen molar-refractivity contribution < 1.29 is 38.1 Å². The number of rotatable bonds is 16. The van der Waals surface area contributed by atoms with Gasteiger partial charge in [0.25, 0.3) is 0 Å². The lowest BCUT2D eigenvalue weighted by molar-refractivity contribution is -0.172. The van der Waals surface area contributed by atoms with E-state index in [0.29, 0.717) is 68.1 Å². The first-order valence-electron chi connectivity index (χ1n) is 27.0. The third-order valence-electron chi connectivity index (χ3n) is 15.1. The largest absolute Gasteiger partial charge is 0.459 e. The van der Waals surface area contributed by atoms with E-state index in [0.717, 1.165) is 46.6 Å². The zero-order chi connectivity index (χ0) is 52.6. The predicted molar refractivity (Wildman–Crippen MR) is 291 cm³/mol. The summed E-state index contributed by atoms with van der Waals surface area (Å²) < 4.78 is 24.0. The molecular weight excluding hydrogens is 921 g/mol. The average molecular weight is 995 g/mol. The minimum Gasteiger partial charge on any atom is -0.459 e. The molecule has 8 heteroatoms. The van der Waals surface area contributed by atoms with Crippen molar-refractivity contribution in [2.75, 3.05) is 0 Å². The number of benzene rings is 4. The van der Waals surface area contributed by atoms with E-state index < -0.39 is 28.7 Å². The maximum atomic E-state index is 14.0. The van der Waals surface area contributed by atoms with Gasteiger partial charge in [0, 0.05) is 34.8 Å². The standard InChI is InChI=1S/C66H74O8/c1-7-9-11-14-50-27-30-54(31-28-50)55-42-45-66(46-43-55,44-41-53-25-23-52(24-26-53)22-21-51-19-17-48(8-2)18-20-51)74-63(70)58-36-38-59(39-37-58)71-61(68)56-32-34-57(35-33-56)62(69)73-65(5,6)47-64(3,4)72-60(67)40-29-49-15-12-10-13-16-49/h2,10,12-13,15-20,23-26,29,36-40,50,54-57H,7,9,11,14,27-28,30-35,42-43,45-47H2,1,3-6H3/b40-29+. The fourth-order valence-electron chi connectivity index (χ4n) is 11.2. The SMILES string of the molecule is C#Cc1ccc(C#Cc2ccc(C#CC3(OC(=O)c4ccc(OC(=O)C5CCC(C(=O)OC(C)(C)CC(C)(C)OC(=O)/C=C/c6ccccc6)CC5)cc4)CCC(C4CCC(CCCCC)CC4)CC3)cc2)cc1. The summed E-state index contributed by atoms with van der Waals surface area (Å²) in [7, 11) is 0. The van der Waals surface area contributed by atoms with Gasteiger partial charge < -0.3 is 18.9 Å². The first-order chi connectivity index (χ1) is 35.6. The molecule has 0 amide bonds. The van der Waals surface area contributed by atoms with Gasteiger partial charge in [-0.05, 0) is 200 Å². The van der Waals surface area contributed by atoms with E-state index in [9.17, 15) is 19.2 Å². The Labute approximate surface area is 440 Å². The number of unbranched alkanes of at least 4 members (excludes halogenated alkanes) is 2. The van der Waals surface area contributed by atoms with Crippen LogP contribution in [0.1, 0.15) is 182 Å². The molecule has 8 nitrogen and oxygen atoms in total. The summed E-state index contributed by atoms with van der Waals surface area (Å²) in [6.45, 7) is 9.50. The minimum atomic E-state index is -0.938. The van der Waals surface area contributed by atoms with Gasteiger partial charge in [0.05, 0.1) is 17.4 Å². The summed E-state index contributed by atoms with van der Waals surface area (Å²) in [6.07, 6.45) is 24.6. The number of hydrogen-bond acceptors (Lipinski definition) is 8. The van der Waals surface area contributed by atoms with Gasteiger partial charge in [-0.3, -0.25) is 9.59 Å². The smallest absolute Gasteiger partial charge is 0.339 e. The number of terminal acetylenes is 1. The molecule has 0 heterocycles. The van der Waals surface area contributed by atoms with Crippen LogP contribution in [0.5, 0.6) is 5.75 Å². The van der Waals surface area contributed by atoms with E-state index in [1.165, 1.54) is 57.4 Å². The first-order valence-corrected chi connectivity index (χ1v) is 27.0. The summed E-state index contributed by atoms with van der Waals surface area (Å²) >= 11 is 0. The zero-order valence-electron chi connectivity index (χ0n) is 44.2. The zero-order valence-corrected chi connectivity index (χ0v) is 44.2. The molecule has 74 heavy (non-hydrogen) atoms. The van der Waals surface area contributed by atoms with Crippen molar-refractivity contribution >= 4 is 30.0 Å². The molecule has 0 saturated heterocycles. The molecule has 0 bridgehead atoms. The molecular formula is C66H74O8. The van der Waals surface area contributed by atoms with Gasteiger partial charge in [0.2, 0.25) is 0 Å². The molecule has 7 rings (SSSR count). The van der Waals surface area contributed by atoms with Crippen molar-refractivity contribution in [3.8, 4) is 41.8 Å². The van der Waals surface area contributed by atoms with E-state index >= 15 is 0 Å². The van der Waals surface area contributed by atoms with Crippen LogP contribution in [0.2, 0.25) is 0 Å². The maximum Gasteiger partial charge on any atom is 0.339 e. The molecule has 3 fully saturated rings. The molecule has 0 N–H and O–H groups in total. The highest BCUT2D eigenvalue weighted by atomic mass is 16.6. The Bertz CT molecular complexity index is 2710. The molecule has 0 atom stereocenters. The van der Waals surface area contributed by atoms with E-state index in [1.807, 2.05) is 92.7 Å². The summed E-state index contributed by atoms with van der Waals surface area (Å²) in [6, 6.07) is 31.4. The van der Waals surface area contributed by atoms with Crippen LogP contribution in [0.3, 0.4) is 0 Å². The Balaban J connectivity index is 0.915. The number of esters is 4. The van der Waals surface area contributed by atoms with E-state index in [4.69, 9.17) is 25.4 Å². The van der Waals surface area contributed by atoms with Crippen LogP contribution in [0.15, 0.2) is 109 Å². The molecule has 3 aliphatic rings. The molecule has 386 valence electrons. The van der Waals surface area contributed by atoms with E-state index in [2.05, 4.69) is 36.5 Å². The normalized spacial score (nSPS) is 21.9. The van der Waals surface area contributed by atoms with Crippen molar-refractivity contribution in [3.05, 3.63) is 143 Å². The lowest BCUT2D eigenvalue weighted by atomic mass is 9.67. The van der Waals surface area contributed by atoms with Gasteiger partial charge in [-0.15, -0.1) is 6.42 Å². The third-order valence-corrected chi connectivity index (χ3v) is 15.1. The Morgan fingerprint density at radius 1 is 0.622 bits per heavy atom. The number of carbonyl (C=O) groups excluding carboxylic acids is 4. The molecule has 4 aromatic carbocycles. The highest BCUT2D eigenvalue weighted by Crippen LogP contribution is 2.45. The fraction of sp³-hybridized carbons (Fsp3) is 0.455. The Morgan fingerprint density at radius 2 is 1.16 bits per heavy atom. The summed E-state index contributed by atoms with van der Waals surface area (Å²) in [4.78, 5) is 53.4. The Hall–Kier alpha value is -6.82. The number of ether oxygens (including phenoxy) is 4. The predicted octanol–water partition coefficient (Wildman–Crippen LogP) is 14.1. The van der Waals surface area contributed by atoms with E-state index in [-0.39, 0.29) is 23.8 Å². The third kappa shape index (κ3) is 16.6. The lowest BCUT2D eigenvalue weighted by Crippen LogP contribution is -2.41. The second-order valence-corrected chi connectivity index (χ2v) is 22.1. The van der Waals surface area contributed by atoms with Gasteiger partial charge in [0.1, 0.15) is 17.0 Å². The molecule has 0 unspecified atom stereocenters. The summed E-state index contributed by atoms with van der Waals surface area (Å²) in [5, 5.41) is 0. The molecule has 4 aromatic rings. The van der Waals surface area contributed by atoms with E-state index in [1.54, 1.807) is 44.2 Å². The monoisotopic (exact) mass is 995 g/mol. The van der Waals surface area contributed by atoms with Crippen molar-refractivity contribution in [3.63, 3.8) is 0 Å². The highest BCUT2D eigenvalue weighted by Gasteiger charge is 2.41. The van der Waals surface area contributed by atoms with Crippen molar-refractivity contribution in [2.24, 2.45) is 29.6 Å². The second kappa shape index (κ2) is 25.9. The van der Waals surface area contributed by atoms with Gasteiger partial charge in [0.15, 0.2) is 5.60 Å². The summed E-state index contributed by atoms with van der Waals surface area (Å²) in [5.74, 6) is 16.0. The first kappa shape index (κ1) is 54.9. The van der Waals surface area contributed by atoms with Gasteiger partial charge >= 0.3 is 23.9 Å². The van der Waals surface area contributed by atoms with Crippen molar-refractivity contribution in [2.45, 2.75) is 161 Å². The maximum absolute atomic E-state index is 14.0.